The van der Waals surface area contributed by atoms with Gasteiger partial charge in [-0.05, 0) is 48.5 Å². The van der Waals surface area contributed by atoms with Crippen LogP contribution in [0.3, 0.4) is 0 Å². The molecule has 1 N–H and O–H groups in total. The van der Waals surface area contributed by atoms with E-state index in [-0.39, 0.29) is 23.8 Å². The molecule has 13 heteroatoms. The first-order chi connectivity index (χ1) is 15.6. The summed E-state index contributed by atoms with van der Waals surface area (Å²) in [5.41, 5.74) is -5.54. The summed E-state index contributed by atoms with van der Waals surface area (Å²) < 4.78 is 128. The number of nitrogens with one attached hydrogen (secondary N) is 1. The van der Waals surface area contributed by atoms with Gasteiger partial charge in [-0.1, -0.05) is 0 Å². The smallest absolute Gasteiger partial charge is 0.450 e. The molecule has 0 aliphatic rings. The van der Waals surface area contributed by atoms with Gasteiger partial charge in [-0.25, -0.2) is 0 Å². The van der Waals surface area contributed by atoms with Crippen LogP contribution in [0.4, 0.5) is 45.2 Å². The quantitative estimate of drug-likeness (QED) is 0.386. The van der Waals surface area contributed by atoms with Gasteiger partial charge in [-0.2, -0.15) is 39.5 Å². The topological polar surface area (TPSA) is 51.5 Å². The molecule has 0 saturated carbocycles. The minimum absolute atomic E-state index is 0.101. The van der Waals surface area contributed by atoms with E-state index in [2.05, 4.69) is 0 Å². The summed E-state index contributed by atoms with van der Waals surface area (Å²) in [6.45, 7) is 0. The Hall–Kier alpha value is -3.64. The predicted octanol–water partition coefficient (Wildman–Crippen LogP) is 7.26. The van der Waals surface area contributed by atoms with Crippen LogP contribution in [-0.2, 0) is 18.5 Å². The van der Waals surface area contributed by atoms with Gasteiger partial charge in [0.2, 0.25) is 5.76 Å². The van der Waals surface area contributed by atoms with Crippen molar-refractivity contribution in [3.05, 3.63) is 71.0 Å². The third kappa shape index (κ3) is 5.46. The van der Waals surface area contributed by atoms with E-state index in [1.807, 2.05) is 0 Å². The number of benzene rings is 2. The maximum absolute atomic E-state index is 13.4. The summed E-state index contributed by atoms with van der Waals surface area (Å²) in [4.78, 5) is 12.5. The Morgan fingerprint density at radius 3 is 1.76 bits per heavy atom. The minimum atomic E-state index is -5.21. The number of methoxy groups -OCH3 is 1. The molecule has 0 fully saturated rings. The van der Waals surface area contributed by atoms with Crippen LogP contribution in [0.1, 0.15) is 27.2 Å². The van der Waals surface area contributed by atoms with Gasteiger partial charge in [-0.3, -0.25) is 4.79 Å². The van der Waals surface area contributed by atoms with Crippen molar-refractivity contribution in [2.75, 3.05) is 12.4 Å². The van der Waals surface area contributed by atoms with E-state index < -0.39 is 58.3 Å². The van der Waals surface area contributed by atoms with Crippen LogP contribution < -0.4 is 10.1 Å². The van der Waals surface area contributed by atoms with E-state index in [0.717, 1.165) is 0 Å². The highest BCUT2D eigenvalue weighted by Crippen LogP contribution is 2.40. The van der Waals surface area contributed by atoms with Crippen molar-refractivity contribution in [2.24, 2.45) is 0 Å². The Balaban J connectivity index is 2.03. The second-order valence-corrected chi connectivity index (χ2v) is 6.83. The van der Waals surface area contributed by atoms with Crippen molar-refractivity contribution in [3.63, 3.8) is 0 Å². The summed E-state index contributed by atoms with van der Waals surface area (Å²) in [5.74, 6) is -3.45. The van der Waals surface area contributed by atoms with Gasteiger partial charge in [0.05, 0.1) is 23.8 Å². The first kappa shape index (κ1) is 25.0. The van der Waals surface area contributed by atoms with Crippen molar-refractivity contribution in [1.29, 1.82) is 0 Å². The average Bonchev–Trinajstić information content (AvgIpc) is 3.18. The highest BCUT2D eigenvalue weighted by atomic mass is 19.4. The molecular formula is C21H12F9NO3. The molecule has 1 amide bonds. The highest BCUT2D eigenvalue weighted by Gasteiger charge is 2.41. The fourth-order valence-corrected chi connectivity index (χ4v) is 2.89. The number of anilines is 1. The fraction of sp³-hybridized carbons (Fsp3) is 0.190. The Labute approximate surface area is 184 Å². The van der Waals surface area contributed by atoms with Gasteiger partial charge < -0.3 is 14.5 Å². The van der Waals surface area contributed by atoms with Crippen molar-refractivity contribution >= 4 is 11.6 Å². The van der Waals surface area contributed by atoms with Crippen molar-refractivity contribution in [1.82, 2.24) is 0 Å². The number of halogens is 9. The SMILES string of the molecule is COc1ccc(-c2cc(C(=O)Nc3cc(C(F)(F)F)cc(C(F)(F)F)c3)c(C(F)(F)F)o2)cc1. The largest absolute Gasteiger partial charge is 0.497 e. The zero-order chi connectivity index (χ0) is 25.5. The monoisotopic (exact) mass is 497 g/mol. The van der Waals surface area contributed by atoms with E-state index >= 15 is 0 Å². The Kier molecular flexibility index (Phi) is 6.33. The fourth-order valence-electron chi connectivity index (χ4n) is 2.89. The van der Waals surface area contributed by atoms with E-state index in [9.17, 15) is 44.3 Å². The molecule has 0 saturated heterocycles. The lowest BCUT2D eigenvalue weighted by Crippen LogP contribution is -2.18. The molecule has 0 bridgehead atoms. The van der Waals surface area contributed by atoms with E-state index in [0.29, 0.717) is 11.8 Å². The lowest BCUT2D eigenvalue weighted by molar-refractivity contribution is -0.153. The van der Waals surface area contributed by atoms with Crippen molar-refractivity contribution in [2.45, 2.75) is 18.5 Å². The molecule has 3 aromatic rings. The van der Waals surface area contributed by atoms with Crippen LogP contribution in [0.5, 0.6) is 5.75 Å². The zero-order valence-electron chi connectivity index (χ0n) is 16.7. The molecule has 1 heterocycles. The van der Waals surface area contributed by atoms with E-state index in [4.69, 9.17) is 9.15 Å². The lowest BCUT2D eigenvalue weighted by Gasteiger charge is -2.15. The average molecular weight is 497 g/mol. The van der Waals surface area contributed by atoms with Gasteiger partial charge in [0.15, 0.2) is 0 Å². The van der Waals surface area contributed by atoms with Gasteiger partial charge >= 0.3 is 18.5 Å². The third-order valence-corrected chi connectivity index (χ3v) is 4.45. The maximum atomic E-state index is 13.4. The molecule has 0 atom stereocenters. The highest BCUT2D eigenvalue weighted by molar-refractivity contribution is 6.06. The molecule has 4 nitrogen and oxygen atoms in total. The number of ether oxygens (including phenoxy) is 1. The van der Waals surface area contributed by atoms with Crippen molar-refractivity contribution in [3.8, 4) is 17.1 Å². The number of carbonyl (C=O) groups is 1. The number of rotatable bonds is 4. The van der Waals surface area contributed by atoms with Crippen molar-refractivity contribution < 1.29 is 53.5 Å². The van der Waals surface area contributed by atoms with Crippen LogP contribution in [0, 0.1) is 0 Å². The van der Waals surface area contributed by atoms with Gasteiger partial charge in [0, 0.05) is 11.3 Å². The predicted molar refractivity (Wildman–Crippen MR) is 100 cm³/mol. The summed E-state index contributed by atoms with van der Waals surface area (Å²) in [5, 5.41) is 1.66. The molecular weight excluding hydrogens is 485 g/mol. The first-order valence-electron chi connectivity index (χ1n) is 9.06. The van der Waals surface area contributed by atoms with E-state index in [1.54, 1.807) is 5.32 Å². The normalized spacial score (nSPS) is 12.5. The molecule has 0 unspecified atom stereocenters. The zero-order valence-corrected chi connectivity index (χ0v) is 16.7. The Bertz CT molecular complexity index is 1160. The molecule has 34 heavy (non-hydrogen) atoms. The first-order valence-corrected chi connectivity index (χ1v) is 9.06. The van der Waals surface area contributed by atoms with Crippen LogP contribution in [0.15, 0.2) is 52.9 Å². The summed E-state index contributed by atoms with van der Waals surface area (Å²) in [6, 6.07) is 6.27. The van der Waals surface area contributed by atoms with Gasteiger partial charge in [-0.15, -0.1) is 0 Å². The third-order valence-electron chi connectivity index (χ3n) is 4.45. The number of carbonyl (C=O) groups excluding carboxylic acids is 1. The van der Waals surface area contributed by atoms with Crippen LogP contribution in [-0.4, -0.2) is 13.0 Å². The maximum Gasteiger partial charge on any atom is 0.450 e. The second-order valence-electron chi connectivity index (χ2n) is 6.83. The number of amides is 1. The van der Waals surface area contributed by atoms with Gasteiger partial charge in [0.1, 0.15) is 11.5 Å². The molecule has 2 aromatic carbocycles. The molecule has 182 valence electrons. The minimum Gasteiger partial charge on any atom is -0.497 e. The number of hydrogen-bond donors (Lipinski definition) is 1. The summed E-state index contributed by atoms with van der Waals surface area (Å²) in [6.07, 6.45) is -15.6. The van der Waals surface area contributed by atoms with Crippen LogP contribution in [0.25, 0.3) is 11.3 Å². The Morgan fingerprint density at radius 1 is 0.794 bits per heavy atom. The second kappa shape index (κ2) is 8.61. The Morgan fingerprint density at radius 2 is 1.32 bits per heavy atom. The molecule has 1 aromatic heterocycles. The summed E-state index contributed by atoms with van der Waals surface area (Å²) in [7, 11) is 1.35. The van der Waals surface area contributed by atoms with Gasteiger partial charge in [0.25, 0.3) is 5.91 Å². The van der Waals surface area contributed by atoms with Crippen LogP contribution >= 0.6 is 0 Å². The lowest BCUT2D eigenvalue weighted by atomic mass is 10.1. The summed E-state index contributed by atoms with van der Waals surface area (Å²) >= 11 is 0. The number of furan rings is 1. The molecule has 0 spiro atoms. The number of alkyl halides is 9. The van der Waals surface area contributed by atoms with Crippen LogP contribution in [0.2, 0.25) is 0 Å². The molecule has 0 aliphatic carbocycles. The molecule has 3 rings (SSSR count). The van der Waals surface area contributed by atoms with E-state index in [1.165, 1.54) is 31.4 Å². The molecule has 0 radical (unpaired) electrons. The molecule has 0 aliphatic heterocycles. The number of hydrogen-bond acceptors (Lipinski definition) is 3. The standard InChI is InChI=1S/C21H12F9NO3/c1-33-14-4-2-10(3-5-14)16-9-15(17(34-16)21(28,29)30)18(32)31-13-7-11(19(22,23)24)6-12(8-13)20(25,26)27/h2-9H,1H3,(H,31,32).